The fourth-order valence-electron chi connectivity index (χ4n) is 5.58. The Morgan fingerprint density at radius 2 is 1.42 bits per heavy atom. The molecule has 0 saturated carbocycles. The Bertz CT molecular complexity index is 1820. The Balaban J connectivity index is 1.46. The van der Waals surface area contributed by atoms with Crippen molar-refractivity contribution in [3.8, 4) is 0 Å². The Morgan fingerprint density at radius 3 is 2.24 bits per heavy atom. The Hall–Kier alpha value is -4.35. The number of fused-ring (bicyclic) bond motifs is 5. The van der Waals surface area contributed by atoms with Crippen molar-refractivity contribution in [1.29, 1.82) is 0 Å². The standard InChI is InChI=1S/C33H21BrN2O2/c34-21-14-12-20(13-15-21)28-18-29(23-11-5-7-19-6-1-2-8-22(19)23)35-27-17-16-26-30(31(27)36-28)33(38)25-10-4-3-9-24(25)32(26)37/h1-17,29,35H,18H2/t29-/m0/s1. The maximum absolute atomic E-state index is 13.8. The van der Waals surface area contributed by atoms with E-state index in [-0.39, 0.29) is 17.6 Å². The third-order valence-electron chi connectivity index (χ3n) is 7.42. The number of anilines is 1. The molecule has 0 fully saturated rings. The number of carbonyl (C=O) groups is 2. The minimum atomic E-state index is -0.170. The second-order valence-electron chi connectivity index (χ2n) is 9.62. The highest BCUT2D eigenvalue weighted by atomic mass is 79.9. The maximum Gasteiger partial charge on any atom is 0.196 e. The van der Waals surface area contributed by atoms with Crippen molar-refractivity contribution >= 4 is 55.4 Å². The lowest BCUT2D eigenvalue weighted by Crippen LogP contribution is -2.21. The molecule has 182 valence electrons. The third-order valence-corrected chi connectivity index (χ3v) is 7.94. The van der Waals surface area contributed by atoms with Gasteiger partial charge in [-0.1, -0.05) is 94.8 Å². The second-order valence-corrected chi connectivity index (χ2v) is 10.5. The van der Waals surface area contributed by atoms with Crippen LogP contribution in [0.15, 0.2) is 113 Å². The summed E-state index contributed by atoms with van der Waals surface area (Å²) in [5, 5.41) is 6.04. The predicted molar refractivity (Wildman–Crippen MR) is 155 cm³/mol. The summed E-state index contributed by atoms with van der Waals surface area (Å²) in [6.07, 6.45) is 0.609. The van der Waals surface area contributed by atoms with Gasteiger partial charge in [0.05, 0.1) is 28.7 Å². The summed E-state index contributed by atoms with van der Waals surface area (Å²) in [6, 6.07) is 33.3. The molecule has 0 unspecified atom stereocenters. The SMILES string of the molecule is O=C1c2ccccc2C(=O)c2c1ccc1c2N=C(c2ccc(Br)cc2)C[C@@H](c2cccc3ccccc23)N1. The van der Waals surface area contributed by atoms with Gasteiger partial charge in [-0.25, -0.2) is 4.99 Å². The second kappa shape index (κ2) is 8.89. The van der Waals surface area contributed by atoms with Crippen LogP contribution in [-0.4, -0.2) is 17.3 Å². The van der Waals surface area contributed by atoms with Gasteiger partial charge >= 0.3 is 0 Å². The molecular formula is C33H21BrN2O2. The third kappa shape index (κ3) is 3.62. The van der Waals surface area contributed by atoms with Crippen LogP contribution in [0.4, 0.5) is 11.4 Å². The zero-order valence-corrected chi connectivity index (χ0v) is 21.8. The van der Waals surface area contributed by atoms with E-state index in [0.29, 0.717) is 34.4 Å². The number of aliphatic imine (C=N–C) groups is 1. The van der Waals surface area contributed by atoms with E-state index in [2.05, 4.69) is 57.6 Å². The fourth-order valence-corrected chi connectivity index (χ4v) is 5.85. The van der Waals surface area contributed by atoms with Crippen LogP contribution in [0.3, 0.4) is 0 Å². The molecule has 1 aliphatic heterocycles. The predicted octanol–water partition coefficient (Wildman–Crippen LogP) is 8.06. The minimum Gasteiger partial charge on any atom is -0.376 e. The Kier molecular flexibility index (Phi) is 5.34. The first-order chi connectivity index (χ1) is 18.6. The fraction of sp³-hybridized carbons (Fsp3) is 0.0606. The van der Waals surface area contributed by atoms with Gasteiger partial charge in [-0.15, -0.1) is 0 Å². The van der Waals surface area contributed by atoms with Gasteiger partial charge in [-0.2, -0.15) is 0 Å². The summed E-state index contributed by atoms with van der Waals surface area (Å²) in [4.78, 5) is 32.3. The van der Waals surface area contributed by atoms with Crippen LogP contribution in [0.2, 0.25) is 0 Å². The monoisotopic (exact) mass is 556 g/mol. The lowest BCUT2D eigenvalue weighted by atomic mass is 9.83. The van der Waals surface area contributed by atoms with E-state index >= 15 is 0 Å². The number of carbonyl (C=O) groups excluding carboxylic acids is 2. The topological polar surface area (TPSA) is 58.5 Å². The van der Waals surface area contributed by atoms with Crippen molar-refractivity contribution in [2.24, 2.45) is 4.99 Å². The average molecular weight is 557 g/mol. The van der Waals surface area contributed by atoms with Gasteiger partial charge < -0.3 is 5.32 Å². The first kappa shape index (κ1) is 22.8. The number of halogens is 1. The van der Waals surface area contributed by atoms with Crippen LogP contribution in [-0.2, 0) is 0 Å². The van der Waals surface area contributed by atoms with E-state index in [9.17, 15) is 9.59 Å². The van der Waals surface area contributed by atoms with E-state index in [4.69, 9.17) is 4.99 Å². The Morgan fingerprint density at radius 1 is 0.711 bits per heavy atom. The molecule has 5 heteroatoms. The van der Waals surface area contributed by atoms with Crippen molar-refractivity contribution < 1.29 is 9.59 Å². The van der Waals surface area contributed by atoms with Gasteiger partial charge in [0.15, 0.2) is 11.6 Å². The summed E-state index contributed by atoms with van der Waals surface area (Å²) in [5.74, 6) is -0.315. The van der Waals surface area contributed by atoms with Crippen LogP contribution >= 0.6 is 15.9 Å². The quantitative estimate of drug-likeness (QED) is 0.234. The highest BCUT2D eigenvalue weighted by Gasteiger charge is 2.34. The molecule has 0 aromatic heterocycles. The van der Waals surface area contributed by atoms with Gasteiger partial charge in [0.2, 0.25) is 0 Å². The molecule has 38 heavy (non-hydrogen) atoms. The number of nitrogens with zero attached hydrogens (tertiary/aromatic N) is 1. The highest BCUT2D eigenvalue weighted by Crippen LogP contribution is 2.43. The summed E-state index contributed by atoms with van der Waals surface area (Å²) in [6.45, 7) is 0. The van der Waals surface area contributed by atoms with E-state index in [1.807, 2.05) is 36.4 Å². The largest absolute Gasteiger partial charge is 0.376 e. The molecular weight excluding hydrogens is 536 g/mol. The molecule has 1 aliphatic carbocycles. The molecule has 0 bridgehead atoms. The summed E-state index contributed by atoms with van der Waals surface area (Å²) in [7, 11) is 0. The van der Waals surface area contributed by atoms with Crippen molar-refractivity contribution in [3.05, 3.63) is 141 Å². The number of hydrogen-bond acceptors (Lipinski definition) is 4. The summed E-state index contributed by atoms with van der Waals surface area (Å²) in [5.41, 5.74) is 5.89. The maximum atomic E-state index is 13.8. The van der Waals surface area contributed by atoms with Crippen molar-refractivity contribution in [1.82, 2.24) is 0 Å². The number of nitrogens with one attached hydrogen (secondary N) is 1. The summed E-state index contributed by atoms with van der Waals surface area (Å²) >= 11 is 3.53. The first-order valence-electron chi connectivity index (χ1n) is 12.5. The smallest absolute Gasteiger partial charge is 0.196 e. The van der Waals surface area contributed by atoms with Crippen molar-refractivity contribution in [3.63, 3.8) is 0 Å². The van der Waals surface area contributed by atoms with Crippen LogP contribution in [0, 0.1) is 0 Å². The number of hydrogen-bond donors (Lipinski definition) is 1. The van der Waals surface area contributed by atoms with Crippen LogP contribution in [0.25, 0.3) is 10.8 Å². The average Bonchev–Trinajstić information content (AvgIpc) is 3.15. The molecule has 0 saturated heterocycles. The van der Waals surface area contributed by atoms with Crippen LogP contribution in [0.5, 0.6) is 0 Å². The molecule has 0 spiro atoms. The van der Waals surface area contributed by atoms with Gasteiger partial charge in [0.1, 0.15) is 0 Å². The Labute approximate surface area is 228 Å². The van der Waals surface area contributed by atoms with Crippen LogP contribution < -0.4 is 5.32 Å². The molecule has 5 aromatic carbocycles. The van der Waals surface area contributed by atoms with E-state index in [1.165, 1.54) is 10.8 Å². The molecule has 7 rings (SSSR count). The zero-order valence-electron chi connectivity index (χ0n) is 20.2. The molecule has 0 radical (unpaired) electrons. The van der Waals surface area contributed by atoms with Gasteiger partial charge in [-0.05, 0) is 46.2 Å². The van der Waals surface area contributed by atoms with Gasteiger partial charge in [0, 0.05) is 27.6 Å². The number of ketones is 2. The van der Waals surface area contributed by atoms with Crippen molar-refractivity contribution in [2.75, 3.05) is 5.32 Å². The van der Waals surface area contributed by atoms with Gasteiger partial charge in [-0.3, -0.25) is 9.59 Å². The first-order valence-corrected chi connectivity index (χ1v) is 13.3. The molecule has 0 amide bonds. The molecule has 4 nitrogen and oxygen atoms in total. The molecule has 1 heterocycles. The van der Waals surface area contributed by atoms with E-state index in [0.717, 1.165) is 27.0 Å². The molecule has 2 aliphatic rings. The highest BCUT2D eigenvalue weighted by molar-refractivity contribution is 9.10. The normalized spacial score (nSPS) is 16.1. The van der Waals surface area contributed by atoms with Crippen molar-refractivity contribution in [2.45, 2.75) is 12.5 Å². The number of rotatable bonds is 2. The minimum absolute atomic E-state index is 0.0931. The lowest BCUT2D eigenvalue weighted by Gasteiger charge is -2.23. The zero-order chi connectivity index (χ0) is 25.8. The van der Waals surface area contributed by atoms with E-state index in [1.54, 1.807) is 30.3 Å². The molecule has 1 N–H and O–H groups in total. The number of benzene rings is 5. The molecule has 5 aromatic rings. The van der Waals surface area contributed by atoms with Gasteiger partial charge in [0.25, 0.3) is 0 Å². The summed E-state index contributed by atoms with van der Waals surface area (Å²) < 4.78 is 0.981. The van der Waals surface area contributed by atoms with Crippen LogP contribution in [0.1, 0.15) is 55.4 Å². The molecule has 1 atom stereocenters. The lowest BCUT2D eigenvalue weighted by molar-refractivity contribution is 0.0979. The van der Waals surface area contributed by atoms with E-state index < -0.39 is 0 Å².